The Morgan fingerprint density at radius 2 is 0.760 bits per heavy atom. The largest absolute Gasteiger partial charge is 0.480 e. The number of ether oxygens (including phenoxy) is 14. The van der Waals surface area contributed by atoms with Gasteiger partial charge in [-0.1, -0.05) is 91.0 Å². The second-order valence-corrected chi connectivity index (χ2v) is 30.0. The molecule has 4 fully saturated rings. The number of alkyl carbamates (subject to hydrolysis) is 5. The number of carbonyl (C=O) groups is 15. The van der Waals surface area contributed by atoms with Crippen molar-refractivity contribution in [2.75, 3.05) is 180 Å². The lowest BCUT2D eigenvalue weighted by Crippen LogP contribution is -2.55. The van der Waals surface area contributed by atoms with Crippen molar-refractivity contribution in [3.05, 3.63) is 108 Å². The summed E-state index contributed by atoms with van der Waals surface area (Å²) in [4.78, 5) is 185. The Balaban J connectivity index is 0.000000393. The smallest absolute Gasteiger partial charge is 0.407 e. The minimum Gasteiger partial charge on any atom is -0.480 e. The normalized spacial score (nSPS) is 16.9. The van der Waals surface area contributed by atoms with Crippen molar-refractivity contribution in [2.45, 2.75) is 112 Å². The molecule has 3 aromatic rings. The molecule has 0 unspecified atom stereocenters. The molecule has 0 aliphatic carbocycles. The van der Waals surface area contributed by atoms with Gasteiger partial charge < -0.3 is 128 Å². The molecule has 0 radical (unpaired) electrons. The number of rotatable bonds is 39. The predicted molar refractivity (Wildman–Crippen MR) is 436 cm³/mol. The zero-order chi connectivity index (χ0) is 89.8. The third-order valence-electron chi connectivity index (χ3n) is 18.0. The molecule has 0 bridgehead atoms. The molecular formula is C78H116N11O30S2+. The minimum absolute atomic E-state index is 0.0182. The molecule has 41 nitrogen and oxygen atoms in total. The molecule has 3 aromatic carbocycles. The second-order valence-electron chi connectivity index (χ2n) is 26.7. The molecule has 4 aliphatic rings. The van der Waals surface area contributed by atoms with E-state index in [0.29, 0.717) is 77.2 Å². The van der Waals surface area contributed by atoms with E-state index >= 15 is 0 Å². The van der Waals surface area contributed by atoms with E-state index in [-0.39, 0.29) is 88.0 Å². The monoisotopic (exact) mass is 1750 g/mol. The Bertz CT molecular complexity index is 3710. The molecule has 10 atom stereocenters. The van der Waals surface area contributed by atoms with Crippen molar-refractivity contribution in [1.82, 2.24) is 56.8 Å². The summed E-state index contributed by atoms with van der Waals surface area (Å²) in [6.45, 7) is 3.21. The highest BCUT2D eigenvalue weighted by Crippen LogP contribution is 2.21. The summed E-state index contributed by atoms with van der Waals surface area (Å²) >= 11 is 1.53. The summed E-state index contributed by atoms with van der Waals surface area (Å²) in [6, 6.07) is 19.4. The number of methoxy groups -OCH3 is 10. The number of carboxylic acids is 1. The van der Waals surface area contributed by atoms with Crippen molar-refractivity contribution < 1.29 is 143 Å². The number of thioether (sulfide) groups is 1. The highest BCUT2D eigenvalue weighted by Gasteiger charge is 2.44. The third-order valence-corrected chi connectivity index (χ3v) is 19.7. The number of amides is 11. The standard InChI is InChI=1S/C19H28N2O6S.C18H26N2O6S.C17H22N2O6.C14H23N3O6.C10H16N2O6/c1-25-13-16(18(23)27-12-14-8-6-5-7-9-14)20-17(22)15(10-11-28(3)4)21-19(24)26-2;1-24-12-15(17(22)26-11-13-7-5-4-6-8-13)19-16(21)14(9-10-27-3)20-18(23)25-2;1-23-11-14(16(21)25-10-12-6-4-3-5-7-12)19-9-8-13(15(19)20)18-17(22)24-2;1-21-9-11(13(19)16-5-7-23-8-6-16)17-4-3-10(12(17)18)15-14(20)22-2;1-17-5-7(9(14)15)12-4-3-6(8(12)13)11-10(16)18-2/h5-9,15-16H,10-13H2,1-4H3,(H-,20,21,22,24);4-8,14-15H,9-12H2,1-3H3,(H,19,21)(H,20,23);3-7,13-14H,8-11H2,1-2H3,(H,18,22);10-11H,3-9H2,1-2H3,(H,15,20);6-7H,3-5H2,1-2H3,(H,11,16)(H,14,15)/p+1/t15-,16-;14-,15-;13-,14-;10-,11-;6-,7-/m00000/s1. The molecule has 4 aliphatic heterocycles. The summed E-state index contributed by atoms with van der Waals surface area (Å²) < 4.78 is 68.6. The number of hydrogen-bond donors (Lipinski definition) is 8. The van der Waals surface area contributed by atoms with Crippen LogP contribution in [0.2, 0.25) is 0 Å². The number of hydrogen-bond acceptors (Lipinski definition) is 30. The van der Waals surface area contributed by atoms with Gasteiger partial charge in [0.15, 0.2) is 24.2 Å². The lowest BCUT2D eigenvalue weighted by Gasteiger charge is -2.34. The highest BCUT2D eigenvalue weighted by atomic mass is 32.2. The van der Waals surface area contributed by atoms with Crippen LogP contribution in [0.15, 0.2) is 91.0 Å². The first-order chi connectivity index (χ1) is 58.0. The van der Waals surface area contributed by atoms with E-state index < -0.39 is 132 Å². The third kappa shape index (κ3) is 38.2. The first-order valence-electron chi connectivity index (χ1n) is 38.0. The van der Waals surface area contributed by atoms with Gasteiger partial charge in [-0.2, -0.15) is 11.8 Å². The molecule has 4 saturated heterocycles. The van der Waals surface area contributed by atoms with Crippen molar-refractivity contribution in [2.24, 2.45) is 0 Å². The van der Waals surface area contributed by atoms with E-state index in [1.807, 2.05) is 110 Å². The number of aliphatic carboxylic acids is 1. The van der Waals surface area contributed by atoms with E-state index in [2.05, 4.69) is 60.9 Å². The molecular weight excluding hydrogens is 1640 g/mol. The summed E-state index contributed by atoms with van der Waals surface area (Å²) in [5.41, 5.74) is 2.52. The van der Waals surface area contributed by atoms with E-state index in [4.69, 9.17) is 47.7 Å². The summed E-state index contributed by atoms with van der Waals surface area (Å²) in [5, 5.41) is 26.5. The van der Waals surface area contributed by atoms with E-state index in [0.717, 1.165) is 22.4 Å². The van der Waals surface area contributed by atoms with Gasteiger partial charge in [0.05, 0.1) is 94.3 Å². The summed E-state index contributed by atoms with van der Waals surface area (Å²) in [6.07, 6.45) is 4.49. The van der Waals surface area contributed by atoms with Gasteiger partial charge in [0.1, 0.15) is 61.8 Å². The number of esters is 3. The van der Waals surface area contributed by atoms with E-state index in [9.17, 15) is 71.9 Å². The Kier molecular flexibility index (Phi) is 50.9. The minimum atomic E-state index is -1.14. The first-order valence-corrected chi connectivity index (χ1v) is 41.6. The molecule has 674 valence electrons. The Labute approximate surface area is 709 Å². The van der Waals surface area contributed by atoms with Gasteiger partial charge in [-0.25, -0.2) is 43.2 Å². The van der Waals surface area contributed by atoms with Crippen LogP contribution in [0.25, 0.3) is 0 Å². The fourth-order valence-electron chi connectivity index (χ4n) is 11.6. The molecule has 4 heterocycles. The molecule has 43 heteroatoms. The van der Waals surface area contributed by atoms with Gasteiger partial charge in [0.25, 0.3) is 0 Å². The Morgan fingerprint density at radius 1 is 0.430 bits per heavy atom. The zero-order valence-electron chi connectivity index (χ0n) is 70.4. The number of benzene rings is 3. The van der Waals surface area contributed by atoms with Crippen LogP contribution in [0.5, 0.6) is 0 Å². The summed E-state index contributed by atoms with van der Waals surface area (Å²) in [7, 11) is 13.3. The first kappa shape index (κ1) is 104. The fraction of sp³-hybridized carbons (Fsp3) is 0.577. The maximum atomic E-state index is 12.7. The maximum Gasteiger partial charge on any atom is 0.407 e. The highest BCUT2D eigenvalue weighted by molar-refractivity contribution is 7.98. The lowest BCUT2D eigenvalue weighted by molar-refractivity contribution is -0.157. The van der Waals surface area contributed by atoms with E-state index in [1.54, 1.807) is 4.90 Å². The van der Waals surface area contributed by atoms with Crippen LogP contribution in [0, 0.1) is 0 Å². The Morgan fingerprint density at radius 3 is 1.10 bits per heavy atom. The van der Waals surface area contributed by atoms with Crippen LogP contribution in [-0.2, 0) is 145 Å². The maximum absolute atomic E-state index is 12.7. The predicted octanol–water partition coefficient (Wildman–Crippen LogP) is 0.754. The molecule has 11 amide bonds. The number of nitrogens with one attached hydrogen (secondary N) is 7. The molecule has 7 rings (SSSR count). The quantitative estimate of drug-likeness (QED) is 0.0222. The van der Waals surface area contributed by atoms with Gasteiger partial charge in [0.2, 0.25) is 35.4 Å². The average molecular weight is 1750 g/mol. The van der Waals surface area contributed by atoms with Crippen LogP contribution < -0.4 is 37.2 Å². The zero-order valence-corrected chi connectivity index (χ0v) is 72.0. The number of carbonyl (C=O) groups excluding carboxylic acids is 14. The lowest BCUT2D eigenvalue weighted by atomic mass is 10.2. The summed E-state index contributed by atoms with van der Waals surface area (Å²) in [5.74, 6) is -3.75. The second kappa shape index (κ2) is 59.0. The molecule has 0 saturated carbocycles. The van der Waals surface area contributed by atoms with Crippen molar-refractivity contribution in [3.63, 3.8) is 0 Å². The van der Waals surface area contributed by atoms with Gasteiger partial charge in [0, 0.05) is 74.7 Å². The van der Waals surface area contributed by atoms with Gasteiger partial charge in [-0.15, -0.1) is 0 Å². The van der Waals surface area contributed by atoms with Crippen LogP contribution in [-0.4, -0.2) is 355 Å². The van der Waals surface area contributed by atoms with Gasteiger partial charge >= 0.3 is 54.3 Å². The molecule has 0 spiro atoms. The van der Waals surface area contributed by atoms with E-state index in [1.165, 1.54) is 97.6 Å². The number of carboxylic acid groups (broad SMARTS) is 1. The number of nitrogens with zero attached hydrogens (tertiary/aromatic N) is 4. The molecule has 0 aromatic heterocycles. The average Bonchev–Trinajstić information content (AvgIpc) is 1.74. The van der Waals surface area contributed by atoms with Gasteiger partial charge in [-0.3, -0.25) is 28.8 Å². The van der Waals surface area contributed by atoms with Crippen molar-refractivity contribution in [1.29, 1.82) is 0 Å². The SMILES string of the molecule is COC[C@@H](C(=O)N1CCOCC1)N1CC[C@H](NC(=O)OC)C1=O.COC[C@@H](C(=O)O)N1CC[C@H](NC(=O)OC)C1=O.COC[C@@H](C(=O)OCc1ccccc1)N1CC[C@H](NC(=O)OC)C1=O.COC[C@H](NC(=O)[C@H](CCSC)NC(=O)OC)C(=O)OCc1ccccc1.COC[C@H](NC(=O)[C@H](CC[S+](C)C)NC(=O)OC)C(=O)OCc1ccccc1. The molecule has 121 heavy (non-hydrogen) atoms. The van der Waals surface area contributed by atoms with Crippen molar-refractivity contribution >= 4 is 112 Å². The topological polar surface area (TPSA) is 503 Å². The Hall–Kier alpha value is -10.8. The van der Waals surface area contributed by atoms with Crippen LogP contribution >= 0.6 is 11.8 Å². The van der Waals surface area contributed by atoms with Gasteiger partial charge in [-0.05, 0) is 65.3 Å². The van der Waals surface area contributed by atoms with Crippen LogP contribution in [0.4, 0.5) is 24.0 Å². The van der Waals surface area contributed by atoms with Crippen LogP contribution in [0.3, 0.4) is 0 Å². The number of morpholine rings is 1. The van der Waals surface area contributed by atoms with Crippen LogP contribution in [0.1, 0.15) is 48.8 Å². The number of likely N-dealkylation sites (tertiary alicyclic amines) is 3. The van der Waals surface area contributed by atoms with Crippen molar-refractivity contribution in [3.8, 4) is 0 Å². The fourth-order valence-corrected chi connectivity index (χ4v) is 12.8. The molecule has 8 N–H and O–H groups in total.